The summed E-state index contributed by atoms with van der Waals surface area (Å²) in [7, 11) is 3.41. The molecule has 0 saturated heterocycles. The maximum absolute atomic E-state index is 13.1. The first-order valence-corrected chi connectivity index (χ1v) is 10.3. The molecule has 158 valence electrons. The maximum Gasteiger partial charge on any atom is 0.234 e. The van der Waals surface area contributed by atoms with Gasteiger partial charge >= 0.3 is 0 Å². The Morgan fingerprint density at radius 3 is 2.60 bits per heavy atom. The molecule has 0 aliphatic rings. The predicted octanol–water partition coefficient (Wildman–Crippen LogP) is 4.49. The molecule has 1 amide bonds. The molecule has 0 spiro atoms. The number of aromatic nitrogens is 3. The van der Waals surface area contributed by atoms with Gasteiger partial charge in [0.05, 0.1) is 23.6 Å². The van der Waals surface area contributed by atoms with E-state index in [0.29, 0.717) is 22.4 Å². The molecule has 10 heteroatoms. The van der Waals surface area contributed by atoms with E-state index in [1.807, 2.05) is 31.2 Å². The third-order valence-corrected chi connectivity index (χ3v) is 5.48. The number of carbonyl (C=O) groups is 1. The van der Waals surface area contributed by atoms with E-state index in [0.717, 1.165) is 11.8 Å². The van der Waals surface area contributed by atoms with Crippen LogP contribution in [-0.4, -0.2) is 33.5 Å². The molecule has 1 heterocycles. The van der Waals surface area contributed by atoms with Gasteiger partial charge in [0.25, 0.3) is 0 Å². The smallest absolute Gasteiger partial charge is 0.234 e. The monoisotopic (exact) mass is 450 g/mol. The lowest BCUT2D eigenvalue weighted by Gasteiger charge is -2.14. The normalized spacial score (nSPS) is 11.8. The zero-order valence-electron chi connectivity index (χ0n) is 16.6. The highest BCUT2D eigenvalue weighted by Gasteiger charge is 2.18. The van der Waals surface area contributed by atoms with E-state index in [4.69, 9.17) is 21.1 Å². The second-order valence-electron chi connectivity index (χ2n) is 6.30. The molecule has 0 saturated carbocycles. The van der Waals surface area contributed by atoms with E-state index in [-0.39, 0.29) is 22.8 Å². The second kappa shape index (κ2) is 9.82. The Hall–Kier alpha value is -2.78. The quantitative estimate of drug-likeness (QED) is 0.509. The van der Waals surface area contributed by atoms with Gasteiger partial charge in [-0.1, -0.05) is 23.4 Å². The first-order chi connectivity index (χ1) is 14.4. The molecule has 3 rings (SSSR count). The molecular weight excluding hydrogens is 431 g/mol. The zero-order valence-corrected chi connectivity index (χ0v) is 18.1. The second-order valence-corrected chi connectivity index (χ2v) is 7.65. The average molecular weight is 451 g/mol. The highest BCUT2D eigenvalue weighted by Crippen LogP contribution is 2.26. The van der Waals surface area contributed by atoms with Crippen molar-refractivity contribution in [2.24, 2.45) is 7.05 Å². The van der Waals surface area contributed by atoms with Gasteiger partial charge in [-0.2, -0.15) is 0 Å². The summed E-state index contributed by atoms with van der Waals surface area (Å²) in [5.41, 5.74) is 0.351. The van der Waals surface area contributed by atoms with E-state index in [1.54, 1.807) is 18.7 Å². The number of nitrogens with zero attached hydrogens (tertiary/aromatic N) is 3. The largest absolute Gasteiger partial charge is 0.497 e. The summed E-state index contributed by atoms with van der Waals surface area (Å²) < 4.78 is 25.9. The number of hydrogen-bond donors (Lipinski definition) is 1. The van der Waals surface area contributed by atoms with Crippen LogP contribution < -0.4 is 14.8 Å². The van der Waals surface area contributed by atoms with Gasteiger partial charge in [0.1, 0.15) is 17.3 Å². The fraction of sp³-hybridized carbons (Fsp3) is 0.250. The maximum atomic E-state index is 13.1. The van der Waals surface area contributed by atoms with Crippen molar-refractivity contribution in [3.63, 3.8) is 0 Å². The van der Waals surface area contributed by atoms with E-state index in [9.17, 15) is 9.18 Å². The van der Waals surface area contributed by atoms with Gasteiger partial charge in [-0.05, 0) is 49.4 Å². The van der Waals surface area contributed by atoms with Crippen LogP contribution in [0.1, 0.15) is 18.9 Å². The molecule has 0 aliphatic heterocycles. The Morgan fingerprint density at radius 1 is 1.23 bits per heavy atom. The van der Waals surface area contributed by atoms with Crippen molar-refractivity contribution >= 4 is 35.0 Å². The summed E-state index contributed by atoms with van der Waals surface area (Å²) in [5, 5.41) is 11.7. The third-order valence-electron chi connectivity index (χ3n) is 4.14. The van der Waals surface area contributed by atoms with Crippen molar-refractivity contribution < 1.29 is 18.7 Å². The molecular formula is C20H20ClFN4O3S. The number of methoxy groups -OCH3 is 1. The number of hydrogen-bond acceptors (Lipinski definition) is 6. The fourth-order valence-electron chi connectivity index (χ4n) is 2.62. The van der Waals surface area contributed by atoms with Crippen LogP contribution in [-0.2, 0) is 11.8 Å². The molecule has 1 unspecified atom stereocenters. The number of halogens is 2. The van der Waals surface area contributed by atoms with Gasteiger partial charge in [0, 0.05) is 7.05 Å². The van der Waals surface area contributed by atoms with Crippen LogP contribution in [0.15, 0.2) is 47.6 Å². The van der Waals surface area contributed by atoms with E-state index in [1.165, 1.54) is 23.9 Å². The summed E-state index contributed by atoms with van der Waals surface area (Å²) in [6, 6.07) is 11.0. The van der Waals surface area contributed by atoms with Crippen LogP contribution in [0.2, 0.25) is 5.02 Å². The Morgan fingerprint density at radius 2 is 1.93 bits per heavy atom. The van der Waals surface area contributed by atoms with Crippen LogP contribution in [0, 0.1) is 5.82 Å². The Labute approximate surface area is 182 Å². The highest BCUT2D eigenvalue weighted by atomic mass is 35.5. The molecule has 30 heavy (non-hydrogen) atoms. The Bertz CT molecular complexity index is 1030. The number of amides is 1. The molecule has 2 aromatic carbocycles. The fourth-order valence-corrected chi connectivity index (χ4v) is 3.56. The molecule has 1 aromatic heterocycles. The number of anilines is 1. The topological polar surface area (TPSA) is 78.3 Å². The van der Waals surface area contributed by atoms with E-state index >= 15 is 0 Å². The lowest BCUT2D eigenvalue weighted by Crippen LogP contribution is -2.15. The van der Waals surface area contributed by atoms with E-state index < -0.39 is 5.82 Å². The lowest BCUT2D eigenvalue weighted by molar-refractivity contribution is -0.113. The van der Waals surface area contributed by atoms with Crippen LogP contribution in [0.3, 0.4) is 0 Å². The van der Waals surface area contributed by atoms with Gasteiger partial charge in [-0.15, -0.1) is 10.2 Å². The minimum absolute atomic E-state index is 0.0907. The molecule has 0 aliphatic carbocycles. The van der Waals surface area contributed by atoms with Crippen molar-refractivity contribution in [2.75, 3.05) is 18.2 Å². The standard InChI is InChI=1S/C20H20ClFN4O3S/c1-12(29-15-7-5-14(28-3)6-8-15)19-24-25-20(26(19)2)30-11-18(27)23-17-9-4-13(22)10-16(17)21/h4-10,12H,11H2,1-3H3,(H,23,27). The molecule has 0 bridgehead atoms. The van der Waals surface area contributed by atoms with Crippen LogP contribution >= 0.6 is 23.4 Å². The van der Waals surface area contributed by atoms with Crippen molar-refractivity contribution in [3.05, 3.63) is 59.1 Å². The van der Waals surface area contributed by atoms with Crippen LogP contribution in [0.25, 0.3) is 0 Å². The zero-order chi connectivity index (χ0) is 21.7. The van der Waals surface area contributed by atoms with Crippen molar-refractivity contribution in [2.45, 2.75) is 18.2 Å². The van der Waals surface area contributed by atoms with Crippen molar-refractivity contribution in [1.29, 1.82) is 0 Å². The summed E-state index contributed by atoms with van der Waals surface area (Å²) in [6.07, 6.45) is -0.350. The Balaban J connectivity index is 1.58. The van der Waals surface area contributed by atoms with Gasteiger partial charge in [0.2, 0.25) is 5.91 Å². The van der Waals surface area contributed by atoms with E-state index in [2.05, 4.69) is 15.5 Å². The summed E-state index contributed by atoms with van der Waals surface area (Å²) >= 11 is 7.15. The highest BCUT2D eigenvalue weighted by molar-refractivity contribution is 7.99. The van der Waals surface area contributed by atoms with Crippen molar-refractivity contribution in [1.82, 2.24) is 14.8 Å². The van der Waals surface area contributed by atoms with Gasteiger partial charge in [-0.3, -0.25) is 4.79 Å². The molecule has 7 nitrogen and oxygen atoms in total. The number of benzene rings is 2. The predicted molar refractivity (Wildman–Crippen MR) is 114 cm³/mol. The molecule has 0 radical (unpaired) electrons. The molecule has 3 aromatic rings. The summed E-state index contributed by atoms with van der Waals surface area (Å²) in [6.45, 7) is 1.87. The van der Waals surface area contributed by atoms with Gasteiger partial charge < -0.3 is 19.4 Å². The minimum atomic E-state index is -0.468. The number of thioether (sulfide) groups is 1. The lowest BCUT2D eigenvalue weighted by atomic mass is 10.3. The van der Waals surface area contributed by atoms with Gasteiger partial charge in [-0.25, -0.2) is 4.39 Å². The van der Waals surface area contributed by atoms with Gasteiger partial charge in [0.15, 0.2) is 17.1 Å². The average Bonchev–Trinajstić information content (AvgIpc) is 3.09. The van der Waals surface area contributed by atoms with Crippen LogP contribution in [0.4, 0.5) is 10.1 Å². The summed E-state index contributed by atoms with van der Waals surface area (Å²) in [4.78, 5) is 12.2. The number of nitrogens with one attached hydrogen (secondary N) is 1. The summed E-state index contributed by atoms with van der Waals surface area (Å²) in [5.74, 6) is 1.37. The molecule has 1 N–H and O–H groups in total. The van der Waals surface area contributed by atoms with Crippen LogP contribution in [0.5, 0.6) is 11.5 Å². The SMILES string of the molecule is COc1ccc(OC(C)c2nnc(SCC(=O)Nc3ccc(F)cc3Cl)n2C)cc1. The third kappa shape index (κ3) is 5.43. The van der Waals surface area contributed by atoms with Crippen molar-refractivity contribution in [3.8, 4) is 11.5 Å². The number of rotatable bonds is 8. The number of ether oxygens (including phenoxy) is 2. The minimum Gasteiger partial charge on any atom is -0.497 e. The first-order valence-electron chi connectivity index (χ1n) is 8.95. The number of carbonyl (C=O) groups excluding carboxylic acids is 1. The Kier molecular flexibility index (Phi) is 7.17. The molecule has 0 fully saturated rings. The first kappa shape index (κ1) is 21.9. The molecule has 1 atom stereocenters.